The zero-order valence-electron chi connectivity index (χ0n) is 13.1. The minimum absolute atomic E-state index is 0.807. The third-order valence-electron chi connectivity index (χ3n) is 3.50. The number of nitrogens with zero attached hydrogens (tertiary/aromatic N) is 2. The third-order valence-corrected chi connectivity index (χ3v) is 3.50. The van der Waals surface area contributed by atoms with Crippen LogP contribution in [0.3, 0.4) is 0 Å². The molecular weight excluding hydrogens is 264 g/mol. The summed E-state index contributed by atoms with van der Waals surface area (Å²) in [5.74, 6) is 1.63. The van der Waals surface area contributed by atoms with Crippen molar-refractivity contribution < 1.29 is 9.47 Å². The quantitative estimate of drug-likeness (QED) is 0.816. The lowest BCUT2D eigenvalue weighted by molar-refractivity contribution is 0.345. The van der Waals surface area contributed by atoms with E-state index in [2.05, 4.69) is 29.9 Å². The Kier molecular flexibility index (Phi) is 5.17. The predicted octanol–water partition coefficient (Wildman–Crippen LogP) is 3.22. The van der Waals surface area contributed by atoms with Gasteiger partial charge in [0.25, 0.3) is 0 Å². The van der Waals surface area contributed by atoms with Crippen LogP contribution in [-0.2, 0) is 6.54 Å². The summed E-state index contributed by atoms with van der Waals surface area (Å²) in [5.41, 5.74) is 3.21. The van der Waals surface area contributed by atoms with Crippen LogP contribution in [0.5, 0.6) is 11.5 Å². The number of rotatable bonds is 6. The topological polar surface area (TPSA) is 34.6 Å². The van der Waals surface area contributed by atoms with E-state index in [4.69, 9.17) is 9.47 Å². The number of hydrogen-bond donors (Lipinski definition) is 0. The fourth-order valence-electron chi connectivity index (χ4n) is 2.18. The van der Waals surface area contributed by atoms with Crippen LogP contribution in [0.4, 0.5) is 0 Å². The van der Waals surface area contributed by atoms with Gasteiger partial charge in [-0.15, -0.1) is 0 Å². The van der Waals surface area contributed by atoms with Crippen molar-refractivity contribution in [1.82, 2.24) is 9.88 Å². The van der Waals surface area contributed by atoms with Crippen LogP contribution in [0.15, 0.2) is 36.7 Å². The normalized spacial score (nSPS) is 10.7. The molecular formula is C17H22N2O2. The monoisotopic (exact) mass is 286 g/mol. The van der Waals surface area contributed by atoms with Gasteiger partial charge in [0.15, 0.2) is 0 Å². The fourth-order valence-corrected chi connectivity index (χ4v) is 2.18. The van der Waals surface area contributed by atoms with Gasteiger partial charge >= 0.3 is 0 Å². The van der Waals surface area contributed by atoms with E-state index >= 15 is 0 Å². The first kappa shape index (κ1) is 15.3. The summed E-state index contributed by atoms with van der Waals surface area (Å²) in [6, 6.07) is 7.93. The van der Waals surface area contributed by atoms with Crippen molar-refractivity contribution in [1.29, 1.82) is 0 Å². The largest absolute Gasteiger partial charge is 0.497 e. The second kappa shape index (κ2) is 7.09. The number of hydrogen-bond acceptors (Lipinski definition) is 4. The Bertz CT molecular complexity index is 599. The molecule has 1 aromatic carbocycles. The van der Waals surface area contributed by atoms with Crippen LogP contribution in [-0.4, -0.2) is 37.7 Å². The molecule has 4 heteroatoms. The summed E-state index contributed by atoms with van der Waals surface area (Å²) in [5, 5.41) is 0. The highest BCUT2D eigenvalue weighted by molar-refractivity contribution is 5.71. The predicted molar refractivity (Wildman–Crippen MR) is 84.8 cm³/mol. The molecule has 0 atom stereocenters. The maximum atomic E-state index is 5.45. The molecule has 0 saturated carbocycles. The molecule has 2 rings (SSSR count). The Morgan fingerprint density at radius 2 is 1.90 bits per heavy atom. The van der Waals surface area contributed by atoms with Crippen LogP contribution in [0.1, 0.15) is 12.5 Å². The summed E-state index contributed by atoms with van der Waals surface area (Å²) in [4.78, 5) is 6.60. The molecule has 4 nitrogen and oxygen atoms in total. The van der Waals surface area contributed by atoms with E-state index in [9.17, 15) is 0 Å². The molecule has 0 bridgehead atoms. The molecule has 0 aliphatic carbocycles. The van der Waals surface area contributed by atoms with Gasteiger partial charge in [-0.05, 0) is 43.4 Å². The first-order chi connectivity index (χ1) is 10.2. The minimum atomic E-state index is 0.807. The Labute approximate surface area is 126 Å². The lowest BCUT2D eigenvalue weighted by atomic mass is 10.0. The first-order valence-electron chi connectivity index (χ1n) is 7.02. The van der Waals surface area contributed by atoms with Gasteiger partial charge in [-0.1, -0.05) is 6.92 Å². The average Bonchev–Trinajstić information content (AvgIpc) is 2.54. The minimum Gasteiger partial charge on any atom is -0.497 e. The lowest BCUT2D eigenvalue weighted by Crippen LogP contribution is -2.16. The molecule has 1 heterocycles. The van der Waals surface area contributed by atoms with Crippen molar-refractivity contribution in [2.75, 3.05) is 27.8 Å². The van der Waals surface area contributed by atoms with Gasteiger partial charge in [0, 0.05) is 30.1 Å². The number of pyridine rings is 1. The van der Waals surface area contributed by atoms with Gasteiger partial charge in [0.2, 0.25) is 0 Å². The summed E-state index contributed by atoms with van der Waals surface area (Å²) < 4.78 is 10.8. The van der Waals surface area contributed by atoms with E-state index in [0.29, 0.717) is 0 Å². The molecule has 0 radical (unpaired) electrons. The standard InChI is InChI=1S/C17H22N2O2/c1-5-19(2)12-13-8-14(11-18-10-13)16-9-15(20-3)6-7-17(16)21-4/h6-11H,5,12H2,1-4H3. The van der Waals surface area contributed by atoms with Gasteiger partial charge in [0.05, 0.1) is 14.2 Å². The van der Waals surface area contributed by atoms with E-state index in [0.717, 1.165) is 35.7 Å². The molecule has 1 aromatic heterocycles. The van der Waals surface area contributed by atoms with E-state index < -0.39 is 0 Å². The van der Waals surface area contributed by atoms with Crippen molar-refractivity contribution in [3.63, 3.8) is 0 Å². The maximum Gasteiger partial charge on any atom is 0.127 e. The van der Waals surface area contributed by atoms with Crippen LogP contribution < -0.4 is 9.47 Å². The van der Waals surface area contributed by atoms with Gasteiger partial charge < -0.3 is 14.4 Å². The summed E-state index contributed by atoms with van der Waals surface area (Å²) in [6.07, 6.45) is 3.76. The first-order valence-corrected chi connectivity index (χ1v) is 7.02. The Hall–Kier alpha value is -2.07. The molecule has 0 aliphatic rings. The second-order valence-electron chi connectivity index (χ2n) is 4.98. The van der Waals surface area contributed by atoms with Crippen molar-refractivity contribution >= 4 is 0 Å². The second-order valence-corrected chi connectivity index (χ2v) is 4.98. The average molecular weight is 286 g/mol. The SMILES string of the molecule is CCN(C)Cc1cncc(-c2cc(OC)ccc2OC)c1. The molecule has 2 aromatic rings. The lowest BCUT2D eigenvalue weighted by Gasteiger charge is -2.15. The fraction of sp³-hybridized carbons (Fsp3) is 0.353. The highest BCUT2D eigenvalue weighted by Crippen LogP contribution is 2.33. The smallest absolute Gasteiger partial charge is 0.127 e. The highest BCUT2D eigenvalue weighted by atomic mass is 16.5. The van der Waals surface area contributed by atoms with Crippen LogP contribution in [0.25, 0.3) is 11.1 Å². The Morgan fingerprint density at radius 3 is 2.57 bits per heavy atom. The Balaban J connectivity index is 2.39. The molecule has 0 fully saturated rings. The van der Waals surface area contributed by atoms with Gasteiger partial charge in [-0.3, -0.25) is 4.98 Å². The summed E-state index contributed by atoms with van der Waals surface area (Å²) in [6.45, 7) is 4.03. The zero-order chi connectivity index (χ0) is 15.2. The number of aromatic nitrogens is 1. The molecule has 0 aliphatic heterocycles. The van der Waals surface area contributed by atoms with Gasteiger partial charge in [-0.25, -0.2) is 0 Å². The maximum absolute atomic E-state index is 5.45. The van der Waals surface area contributed by atoms with Crippen molar-refractivity contribution in [3.8, 4) is 22.6 Å². The summed E-state index contributed by atoms with van der Waals surface area (Å²) in [7, 11) is 5.43. The number of benzene rings is 1. The molecule has 0 saturated heterocycles. The van der Waals surface area contributed by atoms with Gasteiger partial charge in [0.1, 0.15) is 11.5 Å². The number of methoxy groups -OCH3 is 2. The van der Waals surface area contributed by atoms with Crippen LogP contribution in [0, 0.1) is 0 Å². The molecule has 0 N–H and O–H groups in total. The van der Waals surface area contributed by atoms with Gasteiger partial charge in [-0.2, -0.15) is 0 Å². The number of ether oxygens (including phenoxy) is 2. The van der Waals surface area contributed by atoms with Crippen LogP contribution >= 0.6 is 0 Å². The van der Waals surface area contributed by atoms with Crippen molar-refractivity contribution in [2.45, 2.75) is 13.5 Å². The van der Waals surface area contributed by atoms with Crippen molar-refractivity contribution in [2.24, 2.45) is 0 Å². The van der Waals surface area contributed by atoms with Crippen LogP contribution in [0.2, 0.25) is 0 Å². The molecule has 21 heavy (non-hydrogen) atoms. The highest BCUT2D eigenvalue weighted by Gasteiger charge is 2.09. The molecule has 112 valence electrons. The third kappa shape index (κ3) is 3.73. The molecule has 0 spiro atoms. The van der Waals surface area contributed by atoms with E-state index in [1.54, 1.807) is 14.2 Å². The van der Waals surface area contributed by atoms with E-state index in [1.165, 1.54) is 5.56 Å². The zero-order valence-corrected chi connectivity index (χ0v) is 13.1. The molecule has 0 unspecified atom stereocenters. The Morgan fingerprint density at radius 1 is 1.10 bits per heavy atom. The van der Waals surface area contributed by atoms with Crippen molar-refractivity contribution in [3.05, 3.63) is 42.2 Å². The van der Waals surface area contributed by atoms with E-state index in [1.807, 2.05) is 30.6 Å². The van der Waals surface area contributed by atoms with E-state index in [-0.39, 0.29) is 0 Å². The molecule has 0 amide bonds. The summed E-state index contributed by atoms with van der Waals surface area (Å²) >= 11 is 0.